The molecule has 0 spiro atoms. The molecule has 0 unspecified atom stereocenters. The van der Waals surface area contributed by atoms with Crippen LogP contribution in [0.15, 0.2) is 36.4 Å². The zero-order valence-electron chi connectivity index (χ0n) is 18.6. The van der Waals surface area contributed by atoms with Crippen molar-refractivity contribution in [3.8, 4) is 0 Å². The number of nitrogens with zero attached hydrogens (tertiary/aromatic N) is 3. The van der Waals surface area contributed by atoms with E-state index in [0.717, 1.165) is 12.1 Å². The molecule has 2 aromatic rings. The van der Waals surface area contributed by atoms with Crippen LogP contribution in [0.5, 0.6) is 0 Å². The van der Waals surface area contributed by atoms with Crippen molar-refractivity contribution in [2.75, 3.05) is 37.6 Å². The average Bonchev–Trinajstić information content (AvgIpc) is 3.23. The molecule has 2 atom stereocenters. The molecule has 8 heteroatoms. The number of anilines is 1. The van der Waals surface area contributed by atoms with Gasteiger partial charge in [-0.1, -0.05) is 23.7 Å². The standard InChI is InChI=1S/C25H29ClN4O2S/c26-22-8-7-21(33-22)23(31)27-19-9-14-29-20(19)15-30(24(29)32)18-5-3-17(4-6-18)25(10-11-25)16-28-12-1-2-13-28/h3-8,19-20H,1-2,9-16H2,(H,27,31)/t19-,20-/m1/s1. The van der Waals surface area contributed by atoms with E-state index >= 15 is 0 Å². The van der Waals surface area contributed by atoms with E-state index in [1.165, 1.54) is 62.2 Å². The molecule has 4 heterocycles. The van der Waals surface area contributed by atoms with Crippen molar-refractivity contribution in [1.29, 1.82) is 0 Å². The van der Waals surface area contributed by atoms with Crippen LogP contribution in [-0.2, 0) is 5.41 Å². The van der Waals surface area contributed by atoms with Gasteiger partial charge in [0.05, 0.1) is 27.8 Å². The Balaban J connectivity index is 1.13. The summed E-state index contributed by atoms with van der Waals surface area (Å²) in [6, 6.07) is 12.2. The number of fused-ring (bicyclic) bond motifs is 1. The summed E-state index contributed by atoms with van der Waals surface area (Å²) < 4.78 is 0.604. The van der Waals surface area contributed by atoms with Crippen LogP contribution in [0, 0.1) is 0 Å². The Morgan fingerprint density at radius 3 is 2.52 bits per heavy atom. The first-order valence-electron chi connectivity index (χ1n) is 12.0. The minimum atomic E-state index is -0.110. The zero-order valence-corrected chi connectivity index (χ0v) is 20.2. The maximum atomic E-state index is 13.1. The van der Waals surface area contributed by atoms with E-state index in [1.54, 1.807) is 12.1 Å². The van der Waals surface area contributed by atoms with Crippen molar-refractivity contribution in [3.63, 3.8) is 0 Å². The van der Waals surface area contributed by atoms with Gasteiger partial charge in [-0.2, -0.15) is 0 Å². The Morgan fingerprint density at radius 2 is 1.85 bits per heavy atom. The fourth-order valence-electron chi connectivity index (χ4n) is 5.85. The SMILES string of the molecule is O=C(N[C@@H]1CCN2C(=O)N(c3ccc(C4(CN5CCCC5)CC4)cc3)C[C@H]12)c1ccc(Cl)s1. The van der Waals surface area contributed by atoms with Crippen LogP contribution in [-0.4, -0.2) is 66.5 Å². The summed E-state index contributed by atoms with van der Waals surface area (Å²) in [6.07, 6.45) is 5.96. The first-order valence-corrected chi connectivity index (χ1v) is 13.2. The van der Waals surface area contributed by atoms with Gasteiger partial charge in [-0.25, -0.2) is 4.79 Å². The highest BCUT2D eigenvalue weighted by Crippen LogP contribution is 2.49. The summed E-state index contributed by atoms with van der Waals surface area (Å²) in [5.41, 5.74) is 2.67. The first-order chi connectivity index (χ1) is 16.0. The predicted molar refractivity (Wildman–Crippen MR) is 131 cm³/mol. The zero-order chi connectivity index (χ0) is 22.6. The molecule has 6 nitrogen and oxygen atoms in total. The van der Waals surface area contributed by atoms with E-state index in [2.05, 4.69) is 34.5 Å². The Bertz CT molecular complexity index is 1060. The molecule has 1 aliphatic carbocycles. The maximum absolute atomic E-state index is 13.1. The third-order valence-electron chi connectivity index (χ3n) is 7.88. The first kappa shape index (κ1) is 21.4. The van der Waals surface area contributed by atoms with E-state index in [0.29, 0.717) is 27.7 Å². The number of thiophene rings is 1. The van der Waals surface area contributed by atoms with E-state index in [-0.39, 0.29) is 24.0 Å². The van der Waals surface area contributed by atoms with Gasteiger partial charge in [-0.15, -0.1) is 11.3 Å². The van der Waals surface area contributed by atoms with E-state index < -0.39 is 0 Å². The number of carbonyl (C=O) groups excluding carboxylic acids is 2. The van der Waals surface area contributed by atoms with Crippen molar-refractivity contribution in [2.45, 2.75) is 49.6 Å². The molecule has 3 amide bonds. The second kappa shape index (κ2) is 8.29. The lowest BCUT2D eigenvalue weighted by Crippen LogP contribution is -2.44. The Labute approximate surface area is 203 Å². The summed E-state index contributed by atoms with van der Waals surface area (Å²) in [4.78, 5) is 32.8. The normalized spacial score (nSPS) is 26.2. The van der Waals surface area contributed by atoms with Crippen molar-refractivity contribution in [3.05, 3.63) is 51.2 Å². The molecule has 0 radical (unpaired) electrons. The minimum absolute atomic E-state index is 0.00139. The van der Waals surface area contributed by atoms with Gasteiger partial charge in [0.2, 0.25) is 0 Å². The second-order valence-electron chi connectivity index (χ2n) is 9.94. The fourth-order valence-corrected chi connectivity index (χ4v) is 6.80. The minimum Gasteiger partial charge on any atom is -0.346 e. The third kappa shape index (κ3) is 3.94. The van der Waals surface area contributed by atoms with Crippen LogP contribution in [0.25, 0.3) is 0 Å². The predicted octanol–water partition coefficient (Wildman–Crippen LogP) is 4.34. The van der Waals surface area contributed by atoms with Crippen LogP contribution < -0.4 is 10.2 Å². The molecular formula is C25H29ClN4O2S. The van der Waals surface area contributed by atoms with Crippen LogP contribution in [0.1, 0.15) is 47.3 Å². The van der Waals surface area contributed by atoms with Crippen molar-refractivity contribution in [1.82, 2.24) is 15.1 Å². The van der Waals surface area contributed by atoms with Gasteiger partial charge in [-0.05, 0) is 75.0 Å². The maximum Gasteiger partial charge on any atom is 0.324 e. The van der Waals surface area contributed by atoms with Crippen molar-refractivity contribution >= 4 is 40.6 Å². The van der Waals surface area contributed by atoms with Gasteiger partial charge in [0, 0.05) is 24.2 Å². The number of hydrogen-bond donors (Lipinski definition) is 1. The fraction of sp³-hybridized carbons (Fsp3) is 0.520. The molecular weight excluding hydrogens is 456 g/mol. The van der Waals surface area contributed by atoms with Gasteiger partial charge < -0.3 is 15.1 Å². The number of rotatable bonds is 6. The Morgan fingerprint density at radius 1 is 1.09 bits per heavy atom. The lowest BCUT2D eigenvalue weighted by atomic mass is 9.95. The van der Waals surface area contributed by atoms with Crippen LogP contribution in [0.3, 0.4) is 0 Å². The van der Waals surface area contributed by atoms with Gasteiger partial charge in [0.25, 0.3) is 5.91 Å². The summed E-state index contributed by atoms with van der Waals surface area (Å²) >= 11 is 7.26. The summed E-state index contributed by atoms with van der Waals surface area (Å²) in [7, 11) is 0. The molecule has 1 aromatic carbocycles. The molecule has 3 aliphatic heterocycles. The Kier molecular flexibility index (Phi) is 5.39. The number of likely N-dealkylation sites (tertiary alicyclic amines) is 1. The number of amides is 3. The quantitative estimate of drug-likeness (QED) is 0.663. The summed E-state index contributed by atoms with van der Waals surface area (Å²) in [6.45, 7) is 4.91. The molecule has 33 heavy (non-hydrogen) atoms. The lowest BCUT2D eigenvalue weighted by Gasteiger charge is -2.24. The number of benzene rings is 1. The van der Waals surface area contributed by atoms with Crippen LogP contribution in [0.4, 0.5) is 10.5 Å². The van der Waals surface area contributed by atoms with Crippen LogP contribution in [0.2, 0.25) is 4.34 Å². The van der Waals surface area contributed by atoms with Gasteiger partial charge in [0.15, 0.2) is 0 Å². The van der Waals surface area contributed by atoms with Crippen molar-refractivity contribution < 1.29 is 9.59 Å². The molecule has 0 bridgehead atoms. The van der Waals surface area contributed by atoms with Gasteiger partial charge in [0.1, 0.15) is 0 Å². The number of nitrogens with one attached hydrogen (secondary N) is 1. The highest BCUT2D eigenvalue weighted by molar-refractivity contribution is 7.18. The number of urea groups is 1. The summed E-state index contributed by atoms with van der Waals surface area (Å²) in [5, 5.41) is 3.13. The van der Waals surface area contributed by atoms with Crippen molar-refractivity contribution in [2.24, 2.45) is 0 Å². The topological polar surface area (TPSA) is 55.9 Å². The largest absolute Gasteiger partial charge is 0.346 e. The molecule has 1 aromatic heterocycles. The lowest BCUT2D eigenvalue weighted by molar-refractivity contribution is 0.0935. The van der Waals surface area contributed by atoms with E-state index in [4.69, 9.17) is 11.6 Å². The van der Waals surface area contributed by atoms with Gasteiger partial charge >= 0.3 is 6.03 Å². The molecule has 4 aliphatic rings. The van der Waals surface area contributed by atoms with E-state index in [1.807, 2.05) is 9.80 Å². The number of carbonyl (C=O) groups is 2. The number of halogens is 1. The molecule has 174 valence electrons. The molecule has 1 saturated carbocycles. The number of hydrogen-bond acceptors (Lipinski definition) is 4. The Hall–Kier alpha value is -2.09. The molecule has 6 rings (SSSR count). The smallest absolute Gasteiger partial charge is 0.324 e. The monoisotopic (exact) mass is 484 g/mol. The third-order valence-corrected chi connectivity index (χ3v) is 9.11. The highest BCUT2D eigenvalue weighted by atomic mass is 35.5. The van der Waals surface area contributed by atoms with Crippen LogP contribution >= 0.6 is 22.9 Å². The highest BCUT2D eigenvalue weighted by Gasteiger charge is 2.48. The van der Waals surface area contributed by atoms with Gasteiger partial charge in [-0.3, -0.25) is 9.69 Å². The summed E-state index contributed by atoms with van der Waals surface area (Å²) in [5.74, 6) is -0.110. The molecule has 1 N–H and O–H groups in total. The molecule has 3 saturated heterocycles. The average molecular weight is 485 g/mol. The van der Waals surface area contributed by atoms with E-state index in [9.17, 15) is 9.59 Å². The molecule has 4 fully saturated rings. The second-order valence-corrected chi connectivity index (χ2v) is 11.7.